The zero-order valence-corrected chi connectivity index (χ0v) is 13.1. The van der Waals surface area contributed by atoms with E-state index < -0.39 is 0 Å². The van der Waals surface area contributed by atoms with Crippen LogP contribution in [0.2, 0.25) is 0 Å². The summed E-state index contributed by atoms with van der Waals surface area (Å²) in [5, 5.41) is 3.92. The SMILES string of the molecule is c1ccc(C2CCC(NCC3CC4CCC3C4)CC2)cc1. The topological polar surface area (TPSA) is 12.0 Å². The second kappa shape index (κ2) is 6.12. The van der Waals surface area contributed by atoms with E-state index in [1.54, 1.807) is 12.0 Å². The molecule has 0 aliphatic heterocycles. The third-order valence-corrected chi connectivity index (χ3v) is 6.55. The Morgan fingerprint density at radius 2 is 1.67 bits per heavy atom. The number of benzene rings is 1. The Labute approximate surface area is 129 Å². The lowest BCUT2D eigenvalue weighted by atomic mass is 9.81. The van der Waals surface area contributed by atoms with Crippen molar-refractivity contribution < 1.29 is 0 Å². The molecule has 1 aromatic rings. The third-order valence-electron chi connectivity index (χ3n) is 6.55. The fourth-order valence-electron chi connectivity index (χ4n) is 5.30. The lowest BCUT2D eigenvalue weighted by Gasteiger charge is -2.31. The molecule has 0 spiro atoms. The lowest BCUT2D eigenvalue weighted by Crippen LogP contribution is -2.37. The van der Waals surface area contributed by atoms with Gasteiger partial charge in [-0.25, -0.2) is 0 Å². The van der Waals surface area contributed by atoms with Crippen LogP contribution >= 0.6 is 0 Å². The van der Waals surface area contributed by atoms with Crippen LogP contribution in [0.3, 0.4) is 0 Å². The van der Waals surface area contributed by atoms with Crippen LogP contribution in [0.5, 0.6) is 0 Å². The van der Waals surface area contributed by atoms with Crippen LogP contribution in [0, 0.1) is 17.8 Å². The number of hydrogen-bond donors (Lipinski definition) is 1. The smallest absolute Gasteiger partial charge is 0.00676 e. The quantitative estimate of drug-likeness (QED) is 0.841. The van der Waals surface area contributed by atoms with E-state index >= 15 is 0 Å². The highest BCUT2D eigenvalue weighted by atomic mass is 14.9. The Bertz CT molecular complexity index is 446. The van der Waals surface area contributed by atoms with Gasteiger partial charge in [0.2, 0.25) is 0 Å². The van der Waals surface area contributed by atoms with Crippen molar-refractivity contribution in [3.63, 3.8) is 0 Å². The van der Waals surface area contributed by atoms with Gasteiger partial charge in [0.05, 0.1) is 0 Å². The van der Waals surface area contributed by atoms with Crippen molar-refractivity contribution in [3.8, 4) is 0 Å². The van der Waals surface area contributed by atoms with Gasteiger partial charge in [0.15, 0.2) is 0 Å². The van der Waals surface area contributed by atoms with Gasteiger partial charge >= 0.3 is 0 Å². The van der Waals surface area contributed by atoms with E-state index in [4.69, 9.17) is 0 Å². The second-order valence-corrected chi connectivity index (χ2v) is 7.80. The summed E-state index contributed by atoms with van der Waals surface area (Å²) in [6, 6.07) is 11.9. The second-order valence-electron chi connectivity index (χ2n) is 7.80. The Morgan fingerprint density at radius 3 is 2.33 bits per heavy atom. The summed E-state index contributed by atoms with van der Waals surface area (Å²) >= 11 is 0. The van der Waals surface area contributed by atoms with E-state index in [9.17, 15) is 0 Å². The molecule has 4 rings (SSSR count). The number of rotatable bonds is 4. The first-order valence-corrected chi connectivity index (χ1v) is 9.17. The average molecular weight is 283 g/mol. The highest BCUT2D eigenvalue weighted by Crippen LogP contribution is 2.48. The molecule has 0 saturated heterocycles. The fraction of sp³-hybridized carbons (Fsp3) is 0.700. The average Bonchev–Trinajstić information content (AvgIpc) is 3.17. The maximum atomic E-state index is 3.92. The van der Waals surface area contributed by atoms with Crippen molar-refractivity contribution in [3.05, 3.63) is 35.9 Å². The van der Waals surface area contributed by atoms with Crippen molar-refractivity contribution in [1.82, 2.24) is 5.32 Å². The molecule has 3 fully saturated rings. The van der Waals surface area contributed by atoms with Gasteiger partial charge in [-0.3, -0.25) is 0 Å². The molecule has 2 bridgehead atoms. The van der Waals surface area contributed by atoms with Crippen LogP contribution in [0.1, 0.15) is 62.8 Å². The molecular weight excluding hydrogens is 254 g/mol. The Hall–Kier alpha value is -0.820. The molecule has 21 heavy (non-hydrogen) atoms. The van der Waals surface area contributed by atoms with Gasteiger partial charge in [-0.1, -0.05) is 36.8 Å². The Morgan fingerprint density at radius 1 is 0.857 bits per heavy atom. The third kappa shape index (κ3) is 3.04. The molecule has 3 saturated carbocycles. The van der Waals surface area contributed by atoms with E-state index in [-0.39, 0.29) is 0 Å². The zero-order chi connectivity index (χ0) is 14.1. The van der Waals surface area contributed by atoms with Gasteiger partial charge in [-0.15, -0.1) is 0 Å². The minimum Gasteiger partial charge on any atom is -0.314 e. The monoisotopic (exact) mass is 283 g/mol. The van der Waals surface area contributed by atoms with Gasteiger partial charge in [0, 0.05) is 6.04 Å². The number of hydrogen-bond acceptors (Lipinski definition) is 1. The van der Waals surface area contributed by atoms with Crippen LogP contribution in [-0.4, -0.2) is 12.6 Å². The van der Waals surface area contributed by atoms with Crippen LogP contribution < -0.4 is 5.32 Å². The van der Waals surface area contributed by atoms with Crippen LogP contribution in [0.4, 0.5) is 0 Å². The number of fused-ring (bicyclic) bond motifs is 2. The van der Waals surface area contributed by atoms with Crippen LogP contribution in [0.25, 0.3) is 0 Å². The summed E-state index contributed by atoms with van der Waals surface area (Å²) in [4.78, 5) is 0. The molecule has 0 heterocycles. The van der Waals surface area contributed by atoms with Crippen molar-refractivity contribution in [1.29, 1.82) is 0 Å². The molecule has 3 atom stereocenters. The molecule has 3 aliphatic carbocycles. The van der Waals surface area contributed by atoms with Crippen molar-refractivity contribution in [2.45, 2.75) is 63.3 Å². The summed E-state index contributed by atoms with van der Waals surface area (Å²) in [5.41, 5.74) is 1.56. The van der Waals surface area contributed by atoms with Crippen LogP contribution in [-0.2, 0) is 0 Å². The van der Waals surface area contributed by atoms with E-state index in [1.165, 1.54) is 51.5 Å². The van der Waals surface area contributed by atoms with E-state index in [1.807, 2.05) is 0 Å². The summed E-state index contributed by atoms with van der Waals surface area (Å²) < 4.78 is 0. The molecule has 1 heteroatoms. The standard InChI is InChI=1S/C20H29N/c1-2-4-16(5-3-1)17-8-10-20(11-9-17)21-14-19-13-15-6-7-18(19)12-15/h1-5,15,17-21H,6-14H2. The molecule has 1 aromatic carbocycles. The molecular formula is C20H29N. The molecule has 0 aromatic heterocycles. The van der Waals surface area contributed by atoms with Gasteiger partial charge in [-0.05, 0) is 80.7 Å². The maximum absolute atomic E-state index is 3.92. The highest BCUT2D eigenvalue weighted by Gasteiger charge is 2.39. The molecule has 1 nitrogen and oxygen atoms in total. The molecule has 114 valence electrons. The Balaban J connectivity index is 1.23. The van der Waals surface area contributed by atoms with Gasteiger partial charge in [0.25, 0.3) is 0 Å². The minimum absolute atomic E-state index is 0.795. The lowest BCUT2D eigenvalue weighted by molar-refractivity contribution is 0.277. The van der Waals surface area contributed by atoms with Gasteiger partial charge in [-0.2, -0.15) is 0 Å². The summed E-state index contributed by atoms with van der Waals surface area (Å²) in [5.74, 6) is 3.99. The van der Waals surface area contributed by atoms with Crippen molar-refractivity contribution in [2.24, 2.45) is 17.8 Å². The van der Waals surface area contributed by atoms with E-state index in [2.05, 4.69) is 35.6 Å². The fourth-order valence-corrected chi connectivity index (χ4v) is 5.30. The van der Waals surface area contributed by atoms with Gasteiger partial charge < -0.3 is 5.32 Å². The first kappa shape index (κ1) is 13.8. The first-order chi connectivity index (χ1) is 10.4. The molecule has 0 amide bonds. The normalized spacial score (nSPS) is 38.8. The van der Waals surface area contributed by atoms with Crippen LogP contribution in [0.15, 0.2) is 30.3 Å². The predicted octanol–water partition coefficient (Wildman–Crippen LogP) is 4.74. The summed E-state index contributed by atoms with van der Waals surface area (Å²) in [7, 11) is 0. The largest absolute Gasteiger partial charge is 0.314 e. The first-order valence-electron chi connectivity index (χ1n) is 9.17. The number of nitrogens with one attached hydrogen (secondary N) is 1. The Kier molecular flexibility index (Phi) is 4.03. The molecule has 0 radical (unpaired) electrons. The molecule has 3 aliphatic rings. The maximum Gasteiger partial charge on any atom is 0.00676 e. The minimum atomic E-state index is 0.795. The summed E-state index contributed by atoms with van der Waals surface area (Å²) in [6.07, 6.45) is 11.6. The highest BCUT2D eigenvalue weighted by molar-refractivity contribution is 5.20. The molecule has 1 N–H and O–H groups in total. The van der Waals surface area contributed by atoms with Crippen molar-refractivity contribution >= 4 is 0 Å². The van der Waals surface area contributed by atoms with E-state index in [0.29, 0.717) is 0 Å². The van der Waals surface area contributed by atoms with Crippen molar-refractivity contribution in [2.75, 3.05) is 6.54 Å². The van der Waals surface area contributed by atoms with E-state index in [0.717, 1.165) is 29.7 Å². The molecule has 3 unspecified atom stereocenters. The predicted molar refractivity (Wildman–Crippen MR) is 88.4 cm³/mol. The summed E-state index contributed by atoms with van der Waals surface area (Å²) in [6.45, 7) is 1.31. The van der Waals surface area contributed by atoms with Gasteiger partial charge in [0.1, 0.15) is 0 Å². The zero-order valence-electron chi connectivity index (χ0n) is 13.1.